The Morgan fingerprint density at radius 3 is 2.39 bits per heavy atom. The zero-order valence-corrected chi connectivity index (χ0v) is 11.6. The van der Waals surface area contributed by atoms with Crippen molar-refractivity contribution in [3.8, 4) is 0 Å². The van der Waals surface area contributed by atoms with Crippen LogP contribution in [0.25, 0.3) is 0 Å². The van der Waals surface area contributed by atoms with E-state index in [1.54, 1.807) is 30.1 Å². The van der Waals surface area contributed by atoms with Gasteiger partial charge in [0.1, 0.15) is 0 Å². The van der Waals surface area contributed by atoms with Crippen LogP contribution >= 0.6 is 23.2 Å². The number of amides is 1. The molecule has 3 nitrogen and oxygen atoms in total. The second-order valence-electron chi connectivity index (χ2n) is 4.84. The van der Waals surface area contributed by atoms with E-state index in [2.05, 4.69) is 0 Å². The summed E-state index contributed by atoms with van der Waals surface area (Å²) < 4.78 is 0. The maximum Gasteiger partial charge on any atom is 0.253 e. The minimum atomic E-state index is -0.195. The van der Waals surface area contributed by atoms with Crippen LogP contribution in [0.15, 0.2) is 18.2 Å². The SMILES string of the molecule is CN(CC1CC(O)C1)C(=O)c1cc(Cl)cc(Cl)c1. The highest BCUT2D eigenvalue weighted by molar-refractivity contribution is 6.35. The van der Waals surface area contributed by atoms with Crippen LogP contribution in [-0.4, -0.2) is 35.6 Å². The summed E-state index contributed by atoms with van der Waals surface area (Å²) in [7, 11) is 1.75. The Morgan fingerprint density at radius 2 is 1.89 bits per heavy atom. The number of carbonyl (C=O) groups is 1. The van der Waals surface area contributed by atoms with Crippen molar-refractivity contribution in [2.24, 2.45) is 5.92 Å². The fraction of sp³-hybridized carbons (Fsp3) is 0.462. The third-order valence-electron chi connectivity index (χ3n) is 3.20. The van der Waals surface area contributed by atoms with Gasteiger partial charge < -0.3 is 10.0 Å². The number of hydrogen-bond acceptors (Lipinski definition) is 2. The summed E-state index contributed by atoms with van der Waals surface area (Å²) in [6.07, 6.45) is 1.35. The van der Waals surface area contributed by atoms with Gasteiger partial charge in [0.2, 0.25) is 0 Å². The molecule has 1 aliphatic rings. The summed E-state index contributed by atoms with van der Waals surface area (Å²) in [5.74, 6) is 0.296. The Hall–Kier alpha value is -0.770. The van der Waals surface area contributed by atoms with Crippen LogP contribution in [0.2, 0.25) is 10.0 Å². The van der Waals surface area contributed by atoms with Crippen LogP contribution < -0.4 is 0 Å². The third-order valence-corrected chi connectivity index (χ3v) is 3.64. The molecular weight excluding hydrogens is 273 g/mol. The average Bonchev–Trinajstić information content (AvgIpc) is 2.24. The first kappa shape index (κ1) is 13.7. The van der Waals surface area contributed by atoms with Crippen LogP contribution in [0.5, 0.6) is 0 Å². The molecule has 0 aliphatic heterocycles. The molecule has 0 radical (unpaired) electrons. The average molecular weight is 288 g/mol. The summed E-state index contributed by atoms with van der Waals surface area (Å²) >= 11 is 11.7. The number of aliphatic hydroxyl groups excluding tert-OH is 1. The number of benzene rings is 1. The van der Waals surface area contributed by atoms with E-state index >= 15 is 0 Å². The van der Waals surface area contributed by atoms with Crippen molar-refractivity contribution in [3.63, 3.8) is 0 Å². The Kier molecular flexibility index (Phi) is 4.15. The largest absolute Gasteiger partial charge is 0.393 e. The summed E-state index contributed by atoms with van der Waals surface area (Å²) in [6, 6.07) is 4.83. The topological polar surface area (TPSA) is 40.5 Å². The van der Waals surface area contributed by atoms with Crippen LogP contribution in [0.1, 0.15) is 23.2 Å². The van der Waals surface area contributed by atoms with Gasteiger partial charge in [0.25, 0.3) is 5.91 Å². The van der Waals surface area contributed by atoms with Gasteiger partial charge in [-0.3, -0.25) is 4.79 Å². The van der Waals surface area contributed by atoms with Crippen LogP contribution in [-0.2, 0) is 0 Å². The van der Waals surface area contributed by atoms with Crippen molar-refractivity contribution in [2.75, 3.05) is 13.6 Å². The van der Waals surface area contributed by atoms with Crippen LogP contribution in [0.4, 0.5) is 0 Å². The maximum atomic E-state index is 12.2. The molecule has 1 saturated carbocycles. The molecule has 0 aromatic heterocycles. The first-order valence-corrected chi connectivity index (χ1v) is 6.61. The summed E-state index contributed by atoms with van der Waals surface area (Å²) in [5, 5.41) is 10.1. The zero-order chi connectivity index (χ0) is 13.3. The molecule has 0 heterocycles. The van der Waals surface area contributed by atoms with Crippen molar-refractivity contribution < 1.29 is 9.90 Å². The van der Waals surface area contributed by atoms with Gasteiger partial charge in [-0.2, -0.15) is 0 Å². The van der Waals surface area contributed by atoms with Gasteiger partial charge in [-0.1, -0.05) is 23.2 Å². The highest BCUT2D eigenvalue weighted by Gasteiger charge is 2.29. The molecule has 18 heavy (non-hydrogen) atoms. The normalized spacial score (nSPS) is 22.4. The number of hydrogen-bond donors (Lipinski definition) is 1. The Balaban J connectivity index is 2.01. The molecule has 1 aromatic rings. The highest BCUT2D eigenvalue weighted by Crippen LogP contribution is 2.28. The number of aliphatic hydroxyl groups is 1. The fourth-order valence-corrected chi connectivity index (χ4v) is 2.74. The van der Waals surface area contributed by atoms with E-state index in [1.807, 2.05) is 0 Å². The molecule has 1 N–H and O–H groups in total. The molecule has 1 aromatic carbocycles. The van der Waals surface area contributed by atoms with Gasteiger partial charge in [-0.25, -0.2) is 0 Å². The van der Waals surface area contributed by atoms with E-state index in [1.165, 1.54) is 0 Å². The van der Waals surface area contributed by atoms with Crippen LogP contribution in [0, 0.1) is 5.92 Å². The molecule has 2 rings (SSSR count). The first-order valence-electron chi connectivity index (χ1n) is 5.85. The second-order valence-corrected chi connectivity index (χ2v) is 5.71. The summed E-state index contributed by atoms with van der Waals surface area (Å²) in [5.41, 5.74) is 0.495. The number of carbonyl (C=O) groups excluding carboxylic acids is 1. The van der Waals surface area contributed by atoms with Gasteiger partial charge in [-0.15, -0.1) is 0 Å². The first-order chi connectivity index (χ1) is 8.45. The molecular formula is C13H15Cl2NO2. The highest BCUT2D eigenvalue weighted by atomic mass is 35.5. The van der Waals surface area contributed by atoms with Gasteiger partial charge in [0.15, 0.2) is 0 Å². The second kappa shape index (κ2) is 5.47. The predicted octanol–water partition coefficient (Wildman–Crippen LogP) is 2.84. The molecule has 1 fully saturated rings. The Morgan fingerprint density at radius 1 is 1.33 bits per heavy atom. The molecule has 0 bridgehead atoms. The lowest BCUT2D eigenvalue weighted by atomic mass is 9.82. The molecule has 0 saturated heterocycles. The Labute approximate surface area is 116 Å². The van der Waals surface area contributed by atoms with Gasteiger partial charge >= 0.3 is 0 Å². The van der Waals surface area contributed by atoms with Crippen molar-refractivity contribution in [1.29, 1.82) is 0 Å². The van der Waals surface area contributed by atoms with Crippen LogP contribution in [0.3, 0.4) is 0 Å². The fourth-order valence-electron chi connectivity index (χ4n) is 2.22. The van der Waals surface area contributed by atoms with Crippen molar-refractivity contribution >= 4 is 29.1 Å². The monoisotopic (exact) mass is 287 g/mol. The molecule has 0 atom stereocenters. The lowest BCUT2D eigenvalue weighted by molar-refractivity contribution is 0.0265. The molecule has 0 unspecified atom stereocenters. The lowest BCUT2D eigenvalue weighted by Gasteiger charge is -2.34. The molecule has 5 heteroatoms. The van der Waals surface area contributed by atoms with Crippen molar-refractivity contribution in [2.45, 2.75) is 18.9 Å². The lowest BCUT2D eigenvalue weighted by Crippen LogP contribution is -2.39. The maximum absolute atomic E-state index is 12.2. The van der Waals surface area contributed by atoms with E-state index in [9.17, 15) is 9.90 Å². The van der Waals surface area contributed by atoms with Crippen molar-refractivity contribution in [3.05, 3.63) is 33.8 Å². The number of rotatable bonds is 3. The Bertz CT molecular complexity index is 438. The predicted molar refractivity (Wildman–Crippen MR) is 72.2 cm³/mol. The van der Waals surface area contributed by atoms with E-state index in [0.717, 1.165) is 12.8 Å². The van der Waals surface area contributed by atoms with Gasteiger partial charge in [0.05, 0.1) is 6.10 Å². The molecule has 1 amide bonds. The van der Waals surface area contributed by atoms with E-state index < -0.39 is 0 Å². The molecule has 0 spiro atoms. The summed E-state index contributed by atoms with van der Waals surface area (Å²) in [6.45, 7) is 0.653. The minimum absolute atomic E-state index is 0.0965. The smallest absolute Gasteiger partial charge is 0.253 e. The van der Waals surface area contributed by atoms with Gasteiger partial charge in [0, 0.05) is 29.2 Å². The minimum Gasteiger partial charge on any atom is -0.393 e. The number of halogens is 2. The number of nitrogens with zero attached hydrogens (tertiary/aromatic N) is 1. The van der Waals surface area contributed by atoms with Gasteiger partial charge in [-0.05, 0) is 37.0 Å². The molecule has 98 valence electrons. The van der Waals surface area contributed by atoms with E-state index in [-0.39, 0.29) is 12.0 Å². The molecule has 1 aliphatic carbocycles. The van der Waals surface area contributed by atoms with E-state index in [0.29, 0.717) is 28.1 Å². The quantitative estimate of drug-likeness (QED) is 0.929. The van der Waals surface area contributed by atoms with Crippen molar-refractivity contribution in [1.82, 2.24) is 4.90 Å². The standard InChI is InChI=1S/C13H15Cl2NO2/c1-16(7-8-2-12(17)3-8)13(18)9-4-10(14)6-11(15)5-9/h4-6,8,12,17H,2-3,7H2,1H3. The van der Waals surface area contributed by atoms with E-state index in [4.69, 9.17) is 23.2 Å². The summed E-state index contributed by atoms with van der Waals surface area (Å²) in [4.78, 5) is 13.8. The third kappa shape index (κ3) is 3.16. The zero-order valence-electron chi connectivity index (χ0n) is 10.1.